The molecule has 1 aromatic heterocycles. The van der Waals surface area contributed by atoms with Gasteiger partial charge in [0.05, 0.1) is 6.04 Å². The van der Waals surface area contributed by atoms with Crippen LogP contribution in [0.1, 0.15) is 42.2 Å². The fourth-order valence-corrected chi connectivity index (χ4v) is 3.45. The number of hydrogen-bond donors (Lipinski definition) is 1. The molecule has 1 fully saturated rings. The highest BCUT2D eigenvalue weighted by atomic mass is 16.2. The minimum Gasteiger partial charge on any atom is -0.335 e. The third-order valence-electron chi connectivity index (χ3n) is 4.97. The van der Waals surface area contributed by atoms with Crippen LogP contribution in [0.2, 0.25) is 0 Å². The van der Waals surface area contributed by atoms with Gasteiger partial charge in [0.15, 0.2) is 0 Å². The molecule has 1 unspecified atom stereocenters. The lowest BCUT2D eigenvalue weighted by molar-refractivity contribution is 0.0663. The molecular formula is C22H28N4O2. The number of hydrogen-bond acceptors (Lipinski definition) is 3. The van der Waals surface area contributed by atoms with E-state index in [4.69, 9.17) is 0 Å². The molecule has 1 saturated heterocycles. The van der Waals surface area contributed by atoms with Crippen molar-refractivity contribution >= 4 is 11.9 Å². The van der Waals surface area contributed by atoms with Gasteiger partial charge in [0, 0.05) is 44.1 Å². The Morgan fingerprint density at radius 3 is 2.29 bits per heavy atom. The van der Waals surface area contributed by atoms with Gasteiger partial charge in [-0.25, -0.2) is 4.79 Å². The number of rotatable bonds is 5. The normalized spacial score (nSPS) is 15.4. The topological polar surface area (TPSA) is 65.5 Å². The van der Waals surface area contributed by atoms with E-state index >= 15 is 0 Å². The summed E-state index contributed by atoms with van der Waals surface area (Å²) in [5.74, 6) is 0.472. The van der Waals surface area contributed by atoms with Crippen LogP contribution >= 0.6 is 0 Å². The van der Waals surface area contributed by atoms with E-state index in [2.05, 4.69) is 24.1 Å². The average Bonchev–Trinajstić information content (AvgIpc) is 2.74. The predicted molar refractivity (Wildman–Crippen MR) is 109 cm³/mol. The van der Waals surface area contributed by atoms with E-state index in [-0.39, 0.29) is 18.0 Å². The number of pyridine rings is 1. The molecule has 2 aromatic rings. The number of amides is 3. The smallest absolute Gasteiger partial charge is 0.318 e. The van der Waals surface area contributed by atoms with Gasteiger partial charge in [0.2, 0.25) is 0 Å². The molecule has 2 heterocycles. The van der Waals surface area contributed by atoms with E-state index in [0.717, 1.165) is 12.0 Å². The quantitative estimate of drug-likeness (QED) is 0.865. The third kappa shape index (κ3) is 5.09. The van der Waals surface area contributed by atoms with Crippen molar-refractivity contribution in [2.75, 3.05) is 26.2 Å². The lowest BCUT2D eigenvalue weighted by atomic mass is 9.98. The molecule has 0 saturated carbocycles. The second kappa shape index (κ2) is 9.35. The van der Waals surface area contributed by atoms with E-state index in [1.54, 1.807) is 11.1 Å². The van der Waals surface area contributed by atoms with Gasteiger partial charge in [-0.15, -0.1) is 0 Å². The Balaban J connectivity index is 1.57. The highest BCUT2D eigenvalue weighted by molar-refractivity contribution is 5.94. The summed E-state index contributed by atoms with van der Waals surface area (Å²) in [5, 5.41) is 3.15. The fraction of sp³-hybridized carbons (Fsp3) is 0.409. The molecule has 1 aliphatic heterocycles. The molecule has 148 valence electrons. The highest BCUT2D eigenvalue weighted by Crippen LogP contribution is 2.21. The number of carbonyl (C=O) groups excluding carboxylic acids is 2. The largest absolute Gasteiger partial charge is 0.335 e. The number of benzene rings is 1. The first-order chi connectivity index (χ1) is 13.5. The first kappa shape index (κ1) is 19.9. The molecule has 0 bridgehead atoms. The van der Waals surface area contributed by atoms with E-state index < -0.39 is 0 Å². The summed E-state index contributed by atoms with van der Waals surface area (Å²) >= 11 is 0. The number of nitrogens with zero attached hydrogens (tertiary/aromatic N) is 3. The SMILES string of the molecule is CC(C)CC(NC(=O)N1CCN(C(=O)c2ccccc2)CC1)c1cccnc1. The summed E-state index contributed by atoms with van der Waals surface area (Å²) in [5.41, 5.74) is 1.71. The maximum Gasteiger partial charge on any atom is 0.318 e. The van der Waals surface area contributed by atoms with E-state index in [0.29, 0.717) is 37.7 Å². The Hall–Kier alpha value is -2.89. The maximum atomic E-state index is 12.8. The zero-order valence-corrected chi connectivity index (χ0v) is 16.5. The van der Waals surface area contributed by atoms with Gasteiger partial charge in [-0.2, -0.15) is 0 Å². The van der Waals surface area contributed by atoms with Crippen LogP contribution in [0, 0.1) is 5.92 Å². The van der Waals surface area contributed by atoms with Crippen molar-refractivity contribution in [2.45, 2.75) is 26.3 Å². The van der Waals surface area contributed by atoms with Crippen LogP contribution in [0.4, 0.5) is 4.79 Å². The van der Waals surface area contributed by atoms with Crippen LogP contribution in [0.15, 0.2) is 54.9 Å². The minimum absolute atomic E-state index is 0.0219. The van der Waals surface area contributed by atoms with Gasteiger partial charge in [-0.1, -0.05) is 38.1 Å². The summed E-state index contributed by atoms with van der Waals surface area (Å²) in [6.07, 6.45) is 4.40. The van der Waals surface area contributed by atoms with Crippen molar-refractivity contribution in [1.82, 2.24) is 20.1 Å². The van der Waals surface area contributed by atoms with Crippen LogP contribution < -0.4 is 5.32 Å². The fourth-order valence-electron chi connectivity index (χ4n) is 3.45. The van der Waals surface area contributed by atoms with Gasteiger partial charge in [0.1, 0.15) is 0 Å². The molecule has 1 N–H and O–H groups in total. The Bertz CT molecular complexity index is 772. The van der Waals surface area contributed by atoms with Crippen molar-refractivity contribution in [1.29, 1.82) is 0 Å². The van der Waals surface area contributed by atoms with E-state index in [9.17, 15) is 9.59 Å². The van der Waals surface area contributed by atoms with Crippen molar-refractivity contribution in [2.24, 2.45) is 5.92 Å². The predicted octanol–water partition coefficient (Wildman–Crippen LogP) is 3.34. The van der Waals surface area contributed by atoms with Gasteiger partial charge in [-0.05, 0) is 36.1 Å². The lowest BCUT2D eigenvalue weighted by Gasteiger charge is -2.35. The molecule has 0 spiro atoms. The summed E-state index contributed by atoms with van der Waals surface area (Å²) in [7, 11) is 0. The summed E-state index contributed by atoms with van der Waals surface area (Å²) < 4.78 is 0. The monoisotopic (exact) mass is 380 g/mol. The molecule has 6 nitrogen and oxygen atoms in total. The van der Waals surface area contributed by atoms with Gasteiger partial charge in [0.25, 0.3) is 5.91 Å². The van der Waals surface area contributed by atoms with E-state index in [1.807, 2.05) is 53.6 Å². The maximum absolute atomic E-state index is 12.8. The summed E-state index contributed by atoms with van der Waals surface area (Å²) in [6, 6.07) is 13.0. The van der Waals surface area contributed by atoms with Crippen LogP contribution in [-0.2, 0) is 0 Å². The zero-order valence-electron chi connectivity index (χ0n) is 16.5. The number of urea groups is 1. The molecule has 1 aliphatic rings. The molecule has 28 heavy (non-hydrogen) atoms. The Kier molecular flexibility index (Phi) is 6.63. The summed E-state index contributed by atoms with van der Waals surface area (Å²) in [4.78, 5) is 33.1. The molecule has 3 rings (SSSR count). The van der Waals surface area contributed by atoms with Crippen molar-refractivity contribution in [3.05, 3.63) is 66.0 Å². The minimum atomic E-state index is -0.0821. The lowest BCUT2D eigenvalue weighted by Crippen LogP contribution is -2.53. The molecule has 1 aromatic carbocycles. The van der Waals surface area contributed by atoms with Crippen molar-refractivity contribution in [3.8, 4) is 0 Å². The zero-order chi connectivity index (χ0) is 19.9. The summed E-state index contributed by atoms with van der Waals surface area (Å²) in [6.45, 7) is 6.44. The third-order valence-corrected chi connectivity index (χ3v) is 4.97. The number of piperazine rings is 1. The van der Waals surface area contributed by atoms with Gasteiger partial charge >= 0.3 is 6.03 Å². The van der Waals surface area contributed by atoms with E-state index in [1.165, 1.54) is 0 Å². The Morgan fingerprint density at radius 1 is 1.00 bits per heavy atom. The van der Waals surface area contributed by atoms with Gasteiger partial charge < -0.3 is 15.1 Å². The molecule has 0 radical (unpaired) electrons. The average molecular weight is 380 g/mol. The second-order valence-electron chi connectivity index (χ2n) is 7.56. The molecular weight excluding hydrogens is 352 g/mol. The Morgan fingerprint density at radius 2 is 1.68 bits per heavy atom. The molecule has 1 atom stereocenters. The Labute approximate surface area is 166 Å². The van der Waals surface area contributed by atoms with Gasteiger partial charge in [-0.3, -0.25) is 9.78 Å². The number of carbonyl (C=O) groups is 2. The standard InChI is InChI=1S/C22H28N4O2/c1-17(2)15-20(19-9-6-10-23-16-19)24-22(28)26-13-11-25(12-14-26)21(27)18-7-4-3-5-8-18/h3-10,16-17,20H,11-15H2,1-2H3,(H,24,28). The van der Waals surface area contributed by atoms with Crippen LogP contribution in [0.25, 0.3) is 0 Å². The molecule has 6 heteroatoms. The van der Waals surface area contributed by atoms with Crippen LogP contribution in [-0.4, -0.2) is 52.9 Å². The van der Waals surface area contributed by atoms with Crippen molar-refractivity contribution < 1.29 is 9.59 Å². The van der Waals surface area contributed by atoms with Crippen LogP contribution in [0.3, 0.4) is 0 Å². The highest BCUT2D eigenvalue weighted by Gasteiger charge is 2.26. The first-order valence-electron chi connectivity index (χ1n) is 9.84. The van der Waals surface area contributed by atoms with Crippen molar-refractivity contribution in [3.63, 3.8) is 0 Å². The number of nitrogens with one attached hydrogen (secondary N) is 1. The number of aromatic nitrogens is 1. The molecule has 0 aliphatic carbocycles. The second-order valence-corrected chi connectivity index (χ2v) is 7.56. The molecule has 3 amide bonds. The van der Waals surface area contributed by atoms with Crippen LogP contribution in [0.5, 0.6) is 0 Å². The first-order valence-corrected chi connectivity index (χ1v) is 9.84.